The fourth-order valence-electron chi connectivity index (χ4n) is 2.26. The smallest absolute Gasteiger partial charge is 0.142 e. The summed E-state index contributed by atoms with van der Waals surface area (Å²) < 4.78 is 14.0. The van der Waals surface area contributed by atoms with Gasteiger partial charge in [0.05, 0.1) is 10.0 Å². The lowest BCUT2D eigenvalue weighted by Crippen LogP contribution is -2.21. The van der Waals surface area contributed by atoms with Crippen molar-refractivity contribution in [3.05, 3.63) is 88.7 Å². The highest BCUT2D eigenvalue weighted by molar-refractivity contribution is 7.80. The van der Waals surface area contributed by atoms with Crippen molar-refractivity contribution in [2.24, 2.45) is 0 Å². The van der Waals surface area contributed by atoms with Crippen molar-refractivity contribution in [3.63, 3.8) is 0 Å². The predicted octanol–water partition coefficient (Wildman–Crippen LogP) is 4.89. The zero-order chi connectivity index (χ0) is 15.5. The van der Waals surface area contributed by atoms with Crippen LogP contribution in [-0.2, 0) is 0 Å². The van der Waals surface area contributed by atoms with Crippen LogP contribution in [0.4, 0.5) is 4.39 Å². The van der Waals surface area contributed by atoms with Crippen LogP contribution in [0.3, 0.4) is 0 Å². The van der Waals surface area contributed by atoms with E-state index in [9.17, 15) is 4.39 Å². The van der Waals surface area contributed by atoms with Crippen molar-refractivity contribution in [2.75, 3.05) is 0 Å². The molecule has 0 heterocycles. The Hall–Kier alpha value is -1.40. The normalized spacial score (nSPS) is 10.9. The molecule has 0 N–H and O–H groups in total. The number of hydrogen-bond acceptors (Lipinski definition) is 0. The average molecular weight is 349 g/mol. The summed E-state index contributed by atoms with van der Waals surface area (Å²) >= 11 is 12.2. The minimum absolute atomic E-state index is 0.0461. The molecule has 0 aromatic heterocycles. The standard InChI is InChI=1S/C18H12Cl2FP/c19-15-11-16(20)18(12-17(15)21)22(13-7-3-1-4-8-13)14-9-5-2-6-10-14/h1-12H. The highest BCUT2D eigenvalue weighted by atomic mass is 35.5. The summed E-state index contributed by atoms with van der Waals surface area (Å²) in [4.78, 5) is 0. The van der Waals surface area contributed by atoms with E-state index in [2.05, 4.69) is 0 Å². The molecule has 22 heavy (non-hydrogen) atoms. The van der Waals surface area contributed by atoms with Crippen LogP contribution in [-0.4, -0.2) is 0 Å². The molecule has 3 aromatic rings. The lowest BCUT2D eigenvalue weighted by molar-refractivity contribution is 0.629. The van der Waals surface area contributed by atoms with Gasteiger partial charge in [0.2, 0.25) is 0 Å². The van der Waals surface area contributed by atoms with Gasteiger partial charge in [-0.15, -0.1) is 0 Å². The van der Waals surface area contributed by atoms with Gasteiger partial charge in [-0.2, -0.15) is 0 Å². The summed E-state index contributed by atoms with van der Waals surface area (Å²) in [6.45, 7) is 0. The minimum Gasteiger partial charge on any atom is -0.205 e. The third-order valence-corrected chi connectivity index (χ3v) is 6.47. The van der Waals surface area contributed by atoms with Crippen LogP contribution in [0.25, 0.3) is 0 Å². The molecule has 0 radical (unpaired) electrons. The first-order chi connectivity index (χ1) is 10.7. The molecule has 3 aromatic carbocycles. The monoisotopic (exact) mass is 348 g/mol. The van der Waals surface area contributed by atoms with Gasteiger partial charge in [0.25, 0.3) is 0 Å². The van der Waals surface area contributed by atoms with E-state index in [1.807, 2.05) is 60.7 Å². The van der Waals surface area contributed by atoms with E-state index in [0.717, 1.165) is 15.9 Å². The van der Waals surface area contributed by atoms with Crippen LogP contribution < -0.4 is 15.9 Å². The molecule has 3 rings (SSSR count). The molecule has 0 saturated heterocycles. The van der Waals surface area contributed by atoms with E-state index >= 15 is 0 Å². The summed E-state index contributed by atoms with van der Waals surface area (Å²) in [6.07, 6.45) is 0. The zero-order valence-corrected chi connectivity index (χ0v) is 13.9. The van der Waals surface area contributed by atoms with E-state index < -0.39 is 13.7 Å². The van der Waals surface area contributed by atoms with Crippen LogP contribution in [0, 0.1) is 5.82 Å². The van der Waals surface area contributed by atoms with Gasteiger partial charge in [-0.1, -0.05) is 83.9 Å². The SMILES string of the molecule is Fc1cc(P(c2ccccc2)c2ccccc2)c(Cl)cc1Cl. The second-order valence-corrected chi connectivity index (χ2v) is 7.72. The second-order valence-electron chi connectivity index (χ2n) is 4.72. The first kappa shape index (κ1) is 15.5. The van der Waals surface area contributed by atoms with Crippen LogP contribution in [0.1, 0.15) is 0 Å². The van der Waals surface area contributed by atoms with Crippen molar-refractivity contribution in [1.82, 2.24) is 0 Å². The van der Waals surface area contributed by atoms with E-state index in [1.54, 1.807) is 0 Å². The molecule has 0 aliphatic carbocycles. The first-order valence-corrected chi connectivity index (χ1v) is 8.81. The lowest BCUT2D eigenvalue weighted by Gasteiger charge is -2.20. The topological polar surface area (TPSA) is 0 Å². The summed E-state index contributed by atoms with van der Waals surface area (Å²) in [5.41, 5.74) is 0. The summed E-state index contributed by atoms with van der Waals surface area (Å²) in [5, 5.41) is 3.55. The first-order valence-electron chi connectivity index (χ1n) is 6.71. The third-order valence-electron chi connectivity index (χ3n) is 3.26. The van der Waals surface area contributed by atoms with Gasteiger partial charge in [-0.05, 0) is 30.7 Å². The molecule has 0 nitrogen and oxygen atoms in total. The van der Waals surface area contributed by atoms with E-state index in [0.29, 0.717) is 5.02 Å². The molecule has 4 heteroatoms. The molecule has 0 bridgehead atoms. The van der Waals surface area contributed by atoms with Crippen molar-refractivity contribution < 1.29 is 4.39 Å². The van der Waals surface area contributed by atoms with Crippen molar-refractivity contribution in [1.29, 1.82) is 0 Å². The maximum absolute atomic E-state index is 14.0. The van der Waals surface area contributed by atoms with Gasteiger partial charge in [0, 0.05) is 5.30 Å². The molecule has 0 amide bonds. The molecule has 0 saturated carbocycles. The lowest BCUT2D eigenvalue weighted by atomic mass is 10.3. The highest BCUT2D eigenvalue weighted by Gasteiger charge is 2.20. The molecule has 0 unspecified atom stereocenters. The van der Waals surface area contributed by atoms with Crippen LogP contribution in [0.5, 0.6) is 0 Å². The molecule has 0 aliphatic rings. The second kappa shape index (κ2) is 6.79. The zero-order valence-electron chi connectivity index (χ0n) is 11.5. The summed E-state index contributed by atoms with van der Waals surface area (Å²) in [7, 11) is -0.926. The third kappa shape index (κ3) is 3.17. The Kier molecular flexibility index (Phi) is 4.78. The van der Waals surface area contributed by atoms with E-state index in [1.165, 1.54) is 12.1 Å². The largest absolute Gasteiger partial charge is 0.205 e. The van der Waals surface area contributed by atoms with Gasteiger partial charge < -0.3 is 0 Å². The summed E-state index contributed by atoms with van der Waals surface area (Å²) in [6, 6.07) is 23.0. The molecule has 0 atom stereocenters. The number of halogens is 3. The van der Waals surface area contributed by atoms with Crippen molar-refractivity contribution in [2.45, 2.75) is 0 Å². The van der Waals surface area contributed by atoms with Gasteiger partial charge in [-0.3, -0.25) is 0 Å². The Bertz CT molecular complexity index is 736. The van der Waals surface area contributed by atoms with Crippen LogP contribution >= 0.6 is 31.1 Å². The molecule has 0 spiro atoms. The Morgan fingerprint density at radius 1 is 0.682 bits per heavy atom. The van der Waals surface area contributed by atoms with Crippen LogP contribution in [0.15, 0.2) is 72.8 Å². The molecular formula is C18H12Cl2FP. The predicted molar refractivity (Wildman–Crippen MR) is 95.1 cm³/mol. The highest BCUT2D eigenvalue weighted by Crippen LogP contribution is 2.36. The molecule has 0 fully saturated rings. The maximum Gasteiger partial charge on any atom is 0.142 e. The maximum atomic E-state index is 14.0. The summed E-state index contributed by atoms with van der Waals surface area (Å²) in [5.74, 6) is -0.444. The van der Waals surface area contributed by atoms with Crippen LogP contribution in [0.2, 0.25) is 10.0 Å². The fourth-order valence-corrected chi connectivity index (χ4v) is 5.22. The Morgan fingerprint density at radius 2 is 1.18 bits per heavy atom. The Morgan fingerprint density at radius 3 is 1.68 bits per heavy atom. The van der Waals surface area contributed by atoms with Gasteiger partial charge in [0.15, 0.2) is 0 Å². The fraction of sp³-hybridized carbons (Fsp3) is 0. The van der Waals surface area contributed by atoms with E-state index in [4.69, 9.17) is 23.2 Å². The Labute approximate surface area is 140 Å². The number of rotatable bonds is 3. The molecule has 110 valence electrons. The minimum atomic E-state index is -0.926. The quantitative estimate of drug-likeness (QED) is 0.467. The Balaban J connectivity index is 2.21. The number of hydrogen-bond donors (Lipinski definition) is 0. The van der Waals surface area contributed by atoms with Gasteiger partial charge in [0.1, 0.15) is 5.82 Å². The van der Waals surface area contributed by atoms with Gasteiger partial charge >= 0.3 is 0 Å². The number of benzene rings is 3. The van der Waals surface area contributed by atoms with E-state index in [-0.39, 0.29) is 5.02 Å². The molecule has 0 aliphatic heterocycles. The average Bonchev–Trinajstić information content (AvgIpc) is 2.55. The van der Waals surface area contributed by atoms with Crippen molar-refractivity contribution in [3.8, 4) is 0 Å². The van der Waals surface area contributed by atoms with Crippen molar-refractivity contribution >= 4 is 47.0 Å². The van der Waals surface area contributed by atoms with Gasteiger partial charge in [-0.25, -0.2) is 4.39 Å². The molecular weight excluding hydrogens is 337 g/mol.